The van der Waals surface area contributed by atoms with Crippen LogP contribution < -0.4 is 0 Å². The molecule has 0 amide bonds. The van der Waals surface area contributed by atoms with Crippen LogP contribution in [0.3, 0.4) is 0 Å². The van der Waals surface area contributed by atoms with E-state index in [0.717, 1.165) is 23.5 Å². The lowest BCUT2D eigenvalue weighted by molar-refractivity contribution is 0.138. The fraction of sp³-hybridized carbons (Fsp3) is 0.800. The van der Waals surface area contributed by atoms with Crippen LogP contribution in [0.1, 0.15) is 71.2 Å². The van der Waals surface area contributed by atoms with Crippen LogP contribution in [0.25, 0.3) is 0 Å². The summed E-state index contributed by atoms with van der Waals surface area (Å²) in [6.07, 6.45) is 1.56. The van der Waals surface area contributed by atoms with Gasteiger partial charge in [-0.1, -0.05) is 41.5 Å². The first-order valence-corrected chi connectivity index (χ1v) is 7.72. The molecule has 2 atom stereocenters. The molecule has 1 heterocycles. The minimum Gasteiger partial charge on any atom is -0.387 e. The van der Waals surface area contributed by atoms with Crippen LogP contribution in [0, 0.1) is 11.8 Å². The van der Waals surface area contributed by atoms with Gasteiger partial charge >= 0.3 is 0 Å². The standard InChI is InChI=1S/C15H27NOS/c1-10(2)7-11(3)8-13(17)12-9-18-14(16-12)15(4,5)6/h9-11,13,17H,7-8H2,1-6H3. The number of aliphatic hydroxyl groups is 1. The summed E-state index contributed by atoms with van der Waals surface area (Å²) in [5.41, 5.74) is 0.923. The molecule has 104 valence electrons. The molecule has 0 saturated heterocycles. The normalized spacial score (nSPS) is 16.0. The third kappa shape index (κ3) is 4.69. The molecular weight excluding hydrogens is 242 g/mol. The average Bonchev–Trinajstić information content (AvgIpc) is 2.63. The van der Waals surface area contributed by atoms with Crippen molar-refractivity contribution in [2.45, 2.75) is 65.9 Å². The van der Waals surface area contributed by atoms with E-state index in [1.165, 1.54) is 0 Å². The number of nitrogens with zero attached hydrogens (tertiary/aromatic N) is 1. The second-order valence-corrected chi connectivity index (χ2v) is 7.67. The summed E-state index contributed by atoms with van der Waals surface area (Å²) < 4.78 is 0. The maximum atomic E-state index is 10.2. The Hall–Kier alpha value is -0.410. The largest absolute Gasteiger partial charge is 0.387 e. The summed E-state index contributed by atoms with van der Waals surface area (Å²) in [7, 11) is 0. The van der Waals surface area contributed by atoms with Gasteiger partial charge in [-0.2, -0.15) is 0 Å². The monoisotopic (exact) mass is 269 g/mol. The highest BCUT2D eigenvalue weighted by molar-refractivity contribution is 7.09. The van der Waals surface area contributed by atoms with Gasteiger partial charge in [-0.05, 0) is 24.7 Å². The number of aliphatic hydroxyl groups excluding tert-OH is 1. The number of rotatable bonds is 5. The molecule has 0 aromatic carbocycles. The van der Waals surface area contributed by atoms with Gasteiger partial charge in [0.05, 0.1) is 16.8 Å². The van der Waals surface area contributed by atoms with Crippen LogP contribution in [0.4, 0.5) is 0 Å². The quantitative estimate of drug-likeness (QED) is 0.851. The first-order valence-electron chi connectivity index (χ1n) is 6.84. The summed E-state index contributed by atoms with van der Waals surface area (Å²) in [5.74, 6) is 1.23. The Bertz CT molecular complexity index is 365. The second-order valence-electron chi connectivity index (χ2n) is 6.81. The molecule has 0 spiro atoms. The van der Waals surface area contributed by atoms with Crippen LogP contribution in [0.2, 0.25) is 0 Å². The molecule has 1 aromatic heterocycles. The zero-order chi connectivity index (χ0) is 13.9. The Balaban J connectivity index is 2.62. The van der Waals surface area contributed by atoms with Crippen molar-refractivity contribution in [3.63, 3.8) is 0 Å². The van der Waals surface area contributed by atoms with E-state index < -0.39 is 6.10 Å². The topological polar surface area (TPSA) is 33.1 Å². The molecule has 3 heteroatoms. The van der Waals surface area contributed by atoms with Gasteiger partial charge in [-0.15, -0.1) is 11.3 Å². The van der Waals surface area contributed by atoms with Crippen molar-refractivity contribution in [3.8, 4) is 0 Å². The summed E-state index contributed by atoms with van der Waals surface area (Å²) in [4.78, 5) is 4.58. The molecule has 0 radical (unpaired) electrons. The molecule has 2 unspecified atom stereocenters. The number of hydrogen-bond acceptors (Lipinski definition) is 3. The third-order valence-electron chi connectivity index (χ3n) is 3.00. The Morgan fingerprint density at radius 1 is 1.22 bits per heavy atom. The van der Waals surface area contributed by atoms with E-state index in [2.05, 4.69) is 46.5 Å². The van der Waals surface area contributed by atoms with Gasteiger partial charge in [-0.25, -0.2) is 4.98 Å². The molecule has 1 rings (SSSR count). The highest BCUT2D eigenvalue weighted by Gasteiger charge is 2.21. The molecule has 2 nitrogen and oxygen atoms in total. The van der Waals surface area contributed by atoms with E-state index in [-0.39, 0.29) is 5.41 Å². The van der Waals surface area contributed by atoms with Gasteiger partial charge in [0.2, 0.25) is 0 Å². The molecule has 0 aliphatic heterocycles. The van der Waals surface area contributed by atoms with Crippen molar-refractivity contribution < 1.29 is 5.11 Å². The average molecular weight is 269 g/mol. The Morgan fingerprint density at radius 3 is 2.28 bits per heavy atom. The first kappa shape index (κ1) is 15.6. The van der Waals surface area contributed by atoms with Crippen LogP contribution in [-0.4, -0.2) is 10.1 Å². The fourth-order valence-corrected chi connectivity index (χ4v) is 3.14. The van der Waals surface area contributed by atoms with Gasteiger partial charge < -0.3 is 5.11 Å². The van der Waals surface area contributed by atoms with Crippen molar-refractivity contribution in [1.82, 2.24) is 4.98 Å². The molecule has 0 aliphatic rings. The lowest BCUT2D eigenvalue weighted by Gasteiger charge is -2.17. The van der Waals surface area contributed by atoms with Gasteiger partial charge in [0.1, 0.15) is 0 Å². The Kier molecular flexibility index (Phi) is 5.35. The van der Waals surface area contributed by atoms with Crippen LogP contribution in [0.15, 0.2) is 5.38 Å². The zero-order valence-electron chi connectivity index (χ0n) is 12.5. The lowest BCUT2D eigenvalue weighted by Crippen LogP contribution is -2.12. The van der Waals surface area contributed by atoms with Gasteiger partial charge in [0, 0.05) is 10.8 Å². The third-order valence-corrected chi connectivity index (χ3v) is 4.29. The Labute approximate surface area is 115 Å². The summed E-state index contributed by atoms with van der Waals surface area (Å²) in [6.45, 7) is 13.1. The van der Waals surface area contributed by atoms with E-state index in [4.69, 9.17) is 0 Å². The van der Waals surface area contributed by atoms with Gasteiger partial charge in [0.15, 0.2) is 0 Å². The number of hydrogen-bond donors (Lipinski definition) is 1. The van der Waals surface area contributed by atoms with Crippen molar-refractivity contribution in [3.05, 3.63) is 16.1 Å². The van der Waals surface area contributed by atoms with Crippen LogP contribution in [-0.2, 0) is 5.41 Å². The molecule has 0 bridgehead atoms. The molecule has 1 N–H and O–H groups in total. The number of aromatic nitrogens is 1. The predicted octanol–water partition coefficient (Wildman–Crippen LogP) is 4.55. The van der Waals surface area contributed by atoms with E-state index >= 15 is 0 Å². The molecule has 1 aromatic rings. The summed E-state index contributed by atoms with van der Waals surface area (Å²) >= 11 is 1.65. The predicted molar refractivity (Wildman–Crippen MR) is 79.0 cm³/mol. The minimum absolute atomic E-state index is 0.0756. The van der Waals surface area contributed by atoms with Crippen LogP contribution >= 0.6 is 11.3 Å². The molecule has 0 aliphatic carbocycles. The summed E-state index contributed by atoms with van der Waals surface area (Å²) in [5, 5.41) is 13.3. The highest BCUT2D eigenvalue weighted by atomic mass is 32.1. The maximum Gasteiger partial charge on any atom is 0.0983 e. The van der Waals surface area contributed by atoms with Gasteiger partial charge in [-0.3, -0.25) is 0 Å². The SMILES string of the molecule is CC(C)CC(C)CC(O)c1csc(C(C)(C)C)n1. The van der Waals surface area contributed by atoms with Crippen molar-refractivity contribution in [2.75, 3.05) is 0 Å². The van der Waals surface area contributed by atoms with Crippen molar-refractivity contribution in [1.29, 1.82) is 0 Å². The first-order chi connectivity index (χ1) is 8.20. The van der Waals surface area contributed by atoms with E-state index in [1.807, 2.05) is 5.38 Å². The number of thiazole rings is 1. The second kappa shape index (κ2) is 6.16. The molecular formula is C15H27NOS. The molecule has 0 saturated carbocycles. The fourth-order valence-electron chi connectivity index (χ4n) is 2.19. The molecule has 0 fully saturated rings. The summed E-state index contributed by atoms with van der Waals surface area (Å²) in [6, 6.07) is 0. The Morgan fingerprint density at radius 2 is 1.83 bits per heavy atom. The minimum atomic E-state index is -0.411. The van der Waals surface area contributed by atoms with E-state index in [1.54, 1.807) is 11.3 Å². The van der Waals surface area contributed by atoms with Gasteiger partial charge in [0.25, 0.3) is 0 Å². The van der Waals surface area contributed by atoms with E-state index in [0.29, 0.717) is 11.8 Å². The molecule has 18 heavy (non-hydrogen) atoms. The lowest BCUT2D eigenvalue weighted by atomic mass is 9.93. The van der Waals surface area contributed by atoms with E-state index in [9.17, 15) is 5.11 Å². The maximum absolute atomic E-state index is 10.2. The highest BCUT2D eigenvalue weighted by Crippen LogP contribution is 2.30. The van der Waals surface area contributed by atoms with Crippen molar-refractivity contribution in [2.24, 2.45) is 11.8 Å². The van der Waals surface area contributed by atoms with Crippen molar-refractivity contribution >= 4 is 11.3 Å². The smallest absolute Gasteiger partial charge is 0.0983 e. The zero-order valence-corrected chi connectivity index (χ0v) is 13.3. The van der Waals surface area contributed by atoms with Crippen LogP contribution in [0.5, 0.6) is 0 Å².